The van der Waals surface area contributed by atoms with Crippen molar-refractivity contribution in [3.05, 3.63) is 22.5 Å². The molecule has 0 aromatic carbocycles. The number of nitrogens with zero attached hydrogens (tertiary/aromatic N) is 1. The standard InChI is InChI=1S/C17H25F2N3O2.2ClH/c1-9-14(12(4)23)10(2)21-15(9)16(24)11(3)22-7-5-13(20)17(18,19)6-8-22;;/h11,13,21H,5-8,20H2,1-4H3;2*1H. The van der Waals surface area contributed by atoms with E-state index in [0.29, 0.717) is 29.1 Å². The molecule has 2 atom stereocenters. The summed E-state index contributed by atoms with van der Waals surface area (Å²) in [6.45, 7) is 7.11. The van der Waals surface area contributed by atoms with E-state index in [4.69, 9.17) is 5.73 Å². The van der Waals surface area contributed by atoms with Crippen molar-refractivity contribution < 1.29 is 18.4 Å². The number of ketones is 2. The zero-order valence-electron chi connectivity index (χ0n) is 15.4. The van der Waals surface area contributed by atoms with Gasteiger partial charge in [-0.25, -0.2) is 8.78 Å². The van der Waals surface area contributed by atoms with Gasteiger partial charge in [0.1, 0.15) is 0 Å². The fraction of sp³-hybridized carbons (Fsp3) is 0.647. The molecule has 3 N–H and O–H groups in total. The summed E-state index contributed by atoms with van der Waals surface area (Å²) in [5.74, 6) is -3.20. The van der Waals surface area contributed by atoms with Crippen molar-refractivity contribution in [2.75, 3.05) is 13.1 Å². The van der Waals surface area contributed by atoms with Gasteiger partial charge in [0.25, 0.3) is 5.92 Å². The minimum Gasteiger partial charge on any atom is -0.355 e. The van der Waals surface area contributed by atoms with Crippen molar-refractivity contribution in [1.29, 1.82) is 0 Å². The Morgan fingerprint density at radius 3 is 2.35 bits per heavy atom. The number of Topliss-reactive ketones (excluding diaryl/α,β-unsaturated/α-hetero) is 2. The number of aryl methyl sites for hydroxylation is 1. The van der Waals surface area contributed by atoms with E-state index in [-0.39, 0.29) is 55.8 Å². The number of aromatic amines is 1. The molecule has 1 aliphatic rings. The maximum Gasteiger partial charge on any atom is 0.264 e. The fourth-order valence-electron chi connectivity index (χ4n) is 3.39. The molecule has 2 heterocycles. The molecule has 5 nitrogen and oxygen atoms in total. The van der Waals surface area contributed by atoms with Gasteiger partial charge in [0, 0.05) is 30.8 Å². The Hall–Kier alpha value is -1.02. The molecule has 1 aromatic rings. The van der Waals surface area contributed by atoms with Gasteiger partial charge in [0.05, 0.1) is 17.8 Å². The van der Waals surface area contributed by atoms with Crippen molar-refractivity contribution >= 4 is 36.4 Å². The number of nitrogens with one attached hydrogen (secondary N) is 1. The number of aromatic nitrogens is 1. The third kappa shape index (κ3) is 4.82. The van der Waals surface area contributed by atoms with Gasteiger partial charge < -0.3 is 10.7 Å². The SMILES string of the molecule is CC(=O)c1c(C)[nH]c(C(=O)C(C)N2CCC(N)C(F)(F)CC2)c1C.Cl.Cl. The quantitative estimate of drug-likeness (QED) is 0.741. The number of likely N-dealkylation sites (tertiary alicyclic amines) is 1. The topological polar surface area (TPSA) is 79.2 Å². The molecule has 9 heteroatoms. The molecule has 26 heavy (non-hydrogen) atoms. The maximum absolute atomic E-state index is 13.7. The van der Waals surface area contributed by atoms with Crippen molar-refractivity contribution in [3.8, 4) is 0 Å². The number of hydrogen-bond acceptors (Lipinski definition) is 4. The van der Waals surface area contributed by atoms with E-state index in [9.17, 15) is 18.4 Å². The molecule has 1 saturated heterocycles. The second-order valence-corrected chi connectivity index (χ2v) is 6.66. The van der Waals surface area contributed by atoms with Crippen LogP contribution < -0.4 is 5.73 Å². The largest absolute Gasteiger partial charge is 0.355 e. The monoisotopic (exact) mass is 413 g/mol. The van der Waals surface area contributed by atoms with Gasteiger partial charge in [-0.1, -0.05) is 0 Å². The minimum absolute atomic E-state index is 0. The van der Waals surface area contributed by atoms with Crippen molar-refractivity contribution in [2.45, 2.75) is 58.5 Å². The van der Waals surface area contributed by atoms with Crippen molar-refractivity contribution in [2.24, 2.45) is 5.73 Å². The second-order valence-electron chi connectivity index (χ2n) is 6.66. The molecule has 0 bridgehead atoms. The van der Waals surface area contributed by atoms with Crippen LogP contribution >= 0.6 is 24.8 Å². The average molecular weight is 414 g/mol. The van der Waals surface area contributed by atoms with E-state index in [0.717, 1.165) is 0 Å². The summed E-state index contributed by atoms with van der Waals surface area (Å²) in [6.07, 6.45) is -0.209. The molecule has 150 valence electrons. The lowest BCUT2D eigenvalue weighted by molar-refractivity contribution is -0.0299. The smallest absolute Gasteiger partial charge is 0.264 e. The number of hydrogen-bond donors (Lipinski definition) is 2. The first-order valence-corrected chi connectivity index (χ1v) is 8.18. The van der Waals surface area contributed by atoms with Crippen LogP contribution in [0.4, 0.5) is 8.78 Å². The van der Waals surface area contributed by atoms with E-state index in [1.54, 1.807) is 25.7 Å². The van der Waals surface area contributed by atoms with Gasteiger partial charge in [-0.2, -0.15) is 0 Å². The Morgan fingerprint density at radius 2 is 1.85 bits per heavy atom. The summed E-state index contributed by atoms with van der Waals surface area (Å²) in [5.41, 5.74) is 7.71. The van der Waals surface area contributed by atoms with Crippen molar-refractivity contribution in [3.63, 3.8) is 0 Å². The lowest BCUT2D eigenvalue weighted by atomic mass is 10.0. The van der Waals surface area contributed by atoms with E-state index in [1.807, 2.05) is 0 Å². The van der Waals surface area contributed by atoms with Crippen LogP contribution in [0.5, 0.6) is 0 Å². The highest BCUT2D eigenvalue weighted by Crippen LogP contribution is 2.29. The summed E-state index contributed by atoms with van der Waals surface area (Å²) in [4.78, 5) is 29.2. The molecule has 0 aliphatic carbocycles. The highest BCUT2D eigenvalue weighted by atomic mass is 35.5. The van der Waals surface area contributed by atoms with Crippen LogP contribution in [0.15, 0.2) is 0 Å². The Morgan fingerprint density at radius 1 is 1.27 bits per heavy atom. The number of carbonyl (C=O) groups excluding carboxylic acids is 2. The number of halogens is 4. The third-order valence-corrected chi connectivity index (χ3v) is 4.97. The van der Waals surface area contributed by atoms with Gasteiger partial charge in [0.2, 0.25) is 0 Å². The number of H-pyrrole nitrogens is 1. The van der Waals surface area contributed by atoms with Crippen LogP contribution in [0.3, 0.4) is 0 Å². The molecule has 1 fully saturated rings. The van der Waals surface area contributed by atoms with Crippen LogP contribution in [-0.2, 0) is 0 Å². The van der Waals surface area contributed by atoms with E-state index in [1.165, 1.54) is 6.92 Å². The normalized spacial score (nSPS) is 21.1. The summed E-state index contributed by atoms with van der Waals surface area (Å²) < 4.78 is 27.5. The van der Waals surface area contributed by atoms with Crippen LogP contribution in [0.1, 0.15) is 58.8 Å². The number of nitrogens with two attached hydrogens (primary N) is 1. The molecule has 1 aromatic heterocycles. The third-order valence-electron chi connectivity index (χ3n) is 4.97. The second kappa shape index (κ2) is 9.26. The zero-order chi connectivity index (χ0) is 18.2. The molecule has 0 amide bonds. The average Bonchev–Trinajstić information content (AvgIpc) is 2.72. The summed E-state index contributed by atoms with van der Waals surface area (Å²) in [6, 6.07) is -1.73. The zero-order valence-corrected chi connectivity index (χ0v) is 17.0. The van der Waals surface area contributed by atoms with Gasteiger partial charge in [-0.15, -0.1) is 24.8 Å². The van der Waals surface area contributed by atoms with Crippen LogP contribution in [0, 0.1) is 13.8 Å². The lowest BCUT2D eigenvalue weighted by Gasteiger charge is -2.26. The van der Waals surface area contributed by atoms with Crippen LogP contribution in [0.25, 0.3) is 0 Å². The number of carbonyl (C=O) groups is 2. The Labute approximate surface area is 164 Å². The molecule has 0 radical (unpaired) electrons. The summed E-state index contributed by atoms with van der Waals surface area (Å²) in [7, 11) is 0. The lowest BCUT2D eigenvalue weighted by Crippen LogP contribution is -2.40. The van der Waals surface area contributed by atoms with Gasteiger partial charge in [-0.3, -0.25) is 14.5 Å². The van der Waals surface area contributed by atoms with Crippen molar-refractivity contribution in [1.82, 2.24) is 9.88 Å². The first-order valence-electron chi connectivity index (χ1n) is 8.18. The van der Waals surface area contributed by atoms with Crippen LogP contribution in [-0.4, -0.2) is 52.5 Å². The number of rotatable bonds is 4. The molecule has 1 aliphatic heterocycles. The highest BCUT2D eigenvalue weighted by Gasteiger charge is 2.41. The molecular formula is C17H27Cl2F2N3O2. The van der Waals surface area contributed by atoms with E-state index < -0.39 is 18.0 Å². The summed E-state index contributed by atoms with van der Waals surface area (Å²) in [5, 5.41) is 0. The van der Waals surface area contributed by atoms with Gasteiger partial charge >= 0.3 is 0 Å². The summed E-state index contributed by atoms with van der Waals surface area (Å²) >= 11 is 0. The molecule has 0 saturated carbocycles. The molecular weight excluding hydrogens is 387 g/mol. The first-order chi connectivity index (χ1) is 11.1. The van der Waals surface area contributed by atoms with Crippen LogP contribution in [0.2, 0.25) is 0 Å². The van der Waals surface area contributed by atoms with E-state index >= 15 is 0 Å². The van der Waals surface area contributed by atoms with E-state index in [2.05, 4.69) is 4.98 Å². The highest BCUT2D eigenvalue weighted by molar-refractivity contribution is 6.05. The molecule has 0 spiro atoms. The maximum atomic E-state index is 13.7. The number of alkyl halides is 2. The Kier molecular flexibility index (Phi) is 8.90. The Balaban J connectivity index is 0.00000312. The minimum atomic E-state index is -2.90. The predicted octanol–water partition coefficient (Wildman–Crippen LogP) is 3.31. The van der Waals surface area contributed by atoms with Gasteiger partial charge in [-0.05, 0) is 39.7 Å². The first kappa shape index (κ1) is 25.0. The molecule has 2 unspecified atom stereocenters. The fourth-order valence-corrected chi connectivity index (χ4v) is 3.39. The predicted molar refractivity (Wildman–Crippen MR) is 102 cm³/mol. The van der Waals surface area contributed by atoms with Gasteiger partial charge in [0.15, 0.2) is 11.6 Å². The molecule has 2 rings (SSSR count). The Bertz CT molecular complexity index is 665.